The number of hydrogen-bond donors (Lipinski definition) is 2. The van der Waals surface area contributed by atoms with Gasteiger partial charge in [-0.15, -0.1) is 0 Å². The summed E-state index contributed by atoms with van der Waals surface area (Å²) >= 11 is 13.0. The molecule has 9 nitrogen and oxygen atoms in total. The Balaban J connectivity index is 1.15. The molecule has 0 aromatic carbocycles. The molecule has 5 atom stereocenters. The summed E-state index contributed by atoms with van der Waals surface area (Å²) in [7, 11) is -2.99. The molecule has 1 spiro atoms. The maximum absolute atomic E-state index is 12.2. The van der Waals surface area contributed by atoms with E-state index in [0.717, 1.165) is 42.5 Å². The van der Waals surface area contributed by atoms with E-state index >= 15 is 0 Å². The van der Waals surface area contributed by atoms with Crippen LogP contribution in [0.15, 0.2) is 18.5 Å². The lowest BCUT2D eigenvalue weighted by molar-refractivity contribution is -0.0370. The van der Waals surface area contributed by atoms with Gasteiger partial charge in [-0.05, 0) is 63.5 Å². The fourth-order valence-corrected chi connectivity index (χ4v) is 9.84. The minimum absolute atomic E-state index is 0.0121. The van der Waals surface area contributed by atoms with Gasteiger partial charge < -0.3 is 9.64 Å². The van der Waals surface area contributed by atoms with Crippen molar-refractivity contribution >= 4 is 38.9 Å². The number of hydrogen-bond acceptors (Lipinski definition) is 9. The monoisotopic (exact) mass is 604 g/mol. The molecular formula is C28H34Cl2N6O3S. The van der Waals surface area contributed by atoms with Crippen molar-refractivity contribution in [3.63, 3.8) is 0 Å². The zero-order valence-electron chi connectivity index (χ0n) is 22.7. The second kappa shape index (κ2) is 10.7. The lowest BCUT2D eigenvalue weighted by Gasteiger charge is -2.52. The van der Waals surface area contributed by atoms with E-state index in [4.69, 9.17) is 32.9 Å². The Morgan fingerprint density at radius 2 is 2.02 bits per heavy atom. The summed E-state index contributed by atoms with van der Waals surface area (Å²) in [4.78, 5) is 11.0. The Bertz CT molecular complexity index is 1460. The highest BCUT2D eigenvalue weighted by Crippen LogP contribution is 2.44. The van der Waals surface area contributed by atoms with Crippen LogP contribution in [-0.4, -0.2) is 55.1 Å². The Morgan fingerprint density at radius 3 is 2.77 bits per heavy atom. The summed E-state index contributed by atoms with van der Waals surface area (Å²) in [5.41, 5.74) is 9.67. The van der Waals surface area contributed by atoms with Gasteiger partial charge >= 0.3 is 0 Å². The quantitative estimate of drug-likeness (QED) is 0.510. The van der Waals surface area contributed by atoms with Crippen LogP contribution in [0.2, 0.25) is 10.0 Å². The van der Waals surface area contributed by atoms with Gasteiger partial charge in [0.15, 0.2) is 9.84 Å². The molecule has 4 unspecified atom stereocenters. The van der Waals surface area contributed by atoms with Gasteiger partial charge in [0, 0.05) is 42.5 Å². The number of hydrazine groups is 1. The van der Waals surface area contributed by atoms with Crippen molar-refractivity contribution < 1.29 is 13.2 Å². The molecule has 3 saturated heterocycles. The number of fused-ring (bicyclic) bond motifs is 1. The topological polar surface area (TPSA) is 120 Å². The van der Waals surface area contributed by atoms with Crippen molar-refractivity contribution in [2.24, 2.45) is 11.3 Å². The predicted octanol–water partition coefficient (Wildman–Crippen LogP) is 4.44. The molecule has 2 N–H and O–H groups in total. The third-order valence-electron chi connectivity index (χ3n) is 9.10. The van der Waals surface area contributed by atoms with Gasteiger partial charge in [-0.25, -0.2) is 18.8 Å². The highest BCUT2D eigenvalue weighted by Gasteiger charge is 2.49. The molecular weight excluding hydrogens is 571 g/mol. The van der Waals surface area contributed by atoms with Crippen LogP contribution in [0.1, 0.15) is 73.6 Å². The van der Waals surface area contributed by atoms with Gasteiger partial charge in [0.2, 0.25) is 0 Å². The second-order valence-electron chi connectivity index (χ2n) is 12.0. The molecule has 0 radical (unpaired) electrons. The number of rotatable bonds is 5. The average Bonchev–Trinajstić information content (AvgIpc) is 3.32. The summed E-state index contributed by atoms with van der Waals surface area (Å²) in [6.07, 6.45) is 7.57. The van der Waals surface area contributed by atoms with E-state index in [0.29, 0.717) is 47.0 Å². The molecule has 2 aromatic rings. The van der Waals surface area contributed by atoms with Crippen molar-refractivity contribution in [2.75, 3.05) is 29.5 Å². The van der Waals surface area contributed by atoms with E-state index in [2.05, 4.69) is 26.8 Å². The number of aromatic nitrogens is 2. The molecule has 0 amide bonds. The first-order valence-corrected chi connectivity index (χ1v) is 16.5. The van der Waals surface area contributed by atoms with E-state index in [-0.39, 0.29) is 41.1 Å². The van der Waals surface area contributed by atoms with Gasteiger partial charge in [-0.1, -0.05) is 23.2 Å². The van der Waals surface area contributed by atoms with E-state index in [1.54, 1.807) is 6.20 Å². The summed E-state index contributed by atoms with van der Waals surface area (Å²) in [5.74, 6) is 1.42. The van der Waals surface area contributed by atoms with Crippen LogP contribution >= 0.6 is 23.2 Å². The van der Waals surface area contributed by atoms with Gasteiger partial charge in [-0.3, -0.25) is 10.4 Å². The molecule has 3 aliphatic heterocycles. The zero-order valence-corrected chi connectivity index (χ0v) is 25.0. The molecule has 40 heavy (non-hydrogen) atoms. The summed E-state index contributed by atoms with van der Waals surface area (Å²) in [5, 5.41) is 11.0. The number of aryl methyl sites for hydroxylation is 1. The van der Waals surface area contributed by atoms with E-state index < -0.39 is 9.84 Å². The molecule has 6 rings (SSSR count). The molecule has 4 fully saturated rings. The highest BCUT2D eigenvalue weighted by molar-refractivity contribution is 7.91. The summed E-state index contributed by atoms with van der Waals surface area (Å²) < 4.78 is 30.9. The van der Waals surface area contributed by atoms with Gasteiger partial charge in [-0.2, -0.15) is 5.26 Å². The van der Waals surface area contributed by atoms with Crippen molar-refractivity contribution in [2.45, 2.75) is 70.2 Å². The number of ether oxygens (including phenoxy) is 1. The largest absolute Gasteiger partial charge is 0.370 e. The highest BCUT2D eigenvalue weighted by atomic mass is 35.5. The normalized spacial score (nSPS) is 29.4. The van der Waals surface area contributed by atoms with E-state index in [9.17, 15) is 13.7 Å². The van der Waals surface area contributed by atoms with Crippen molar-refractivity contribution in [1.29, 1.82) is 5.26 Å². The lowest BCUT2D eigenvalue weighted by Crippen LogP contribution is -2.61. The molecule has 1 aliphatic carbocycles. The molecule has 5 heterocycles. The first-order valence-electron chi connectivity index (χ1n) is 13.9. The van der Waals surface area contributed by atoms with E-state index in [1.807, 2.05) is 26.1 Å². The number of nitrogens with one attached hydrogen (secondary N) is 2. The number of sulfone groups is 1. The van der Waals surface area contributed by atoms with Crippen LogP contribution < -0.4 is 15.8 Å². The molecule has 1 saturated carbocycles. The molecule has 4 aliphatic rings. The van der Waals surface area contributed by atoms with Crippen LogP contribution in [0, 0.1) is 29.6 Å². The second-order valence-corrected chi connectivity index (χ2v) is 14.9. The van der Waals surface area contributed by atoms with Crippen LogP contribution in [0.4, 0.5) is 5.82 Å². The Labute approximate surface area is 245 Å². The third-order valence-corrected chi connectivity index (χ3v) is 11.8. The van der Waals surface area contributed by atoms with Gasteiger partial charge in [0.05, 0.1) is 51.1 Å². The predicted molar refractivity (Wildman–Crippen MR) is 154 cm³/mol. The zero-order chi connectivity index (χ0) is 28.2. The molecule has 12 heteroatoms. The fraction of sp³-hybridized carbons (Fsp3) is 0.607. The van der Waals surface area contributed by atoms with Crippen LogP contribution in [0.25, 0.3) is 0 Å². The summed E-state index contributed by atoms with van der Waals surface area (Å²) in [6, 6.07) is 4.54. The number of anilines is 1. The maximum atomic E-state index is 12.2. The number of halogens is 2. The Kier molecular flexibility index (Phi) is 7.51. The van der Waals surface area contributed by atoms with Crippen LogP contribution in [0.3, 0.4) is 0 Å². The first-order chi connectivity index (χ1) is 19.1. The summed E-state index contributed by atoms with van der Waals surface area (Å²) in [6.45, 7) is 5.09. The Morgan fingerprint density at radius 1 is 1.23 bits per heavy atom. The SMILES string of the molecule is Cc1ncc(Cl)c([C@@H](C)OC2CCC3NNC(c4cnc(N5CC6(CCCS(=O)(=O)C6)C5)c(C#N)c4)C3C2)c1Cl. The maximum Gasteiger partial charge on any atom is 0.151 e. The third kappa shape index (κ3) is 5.21. The van der Waals surface area contributed by atoms with Gasteiger partial charge in [0.25, 0.3) is 0 Å². The Hall–Kier alpha value is -2.00. The van der Waals surface area contributed by atoms with Crippen LogP contribution in [-0.2, 0) is 14.6 Å². The molecule has 2 aromatic heterocycles. The molecule has 214 valence electrons. The minimum Gasteiger partial charge on any atom is -0.370 e. The van der Waals surface area contributed by atoms with Crippen LogP contribution in [0.5, 0.6) is 0 Å². The molecule has 0 bridgehead atoms. The van der Waals surface area contributed by atoms with E-state index in [1.165, 1.54) is 0 Å². The fourth-order valence-electron chi connectivity index (χ4n) is 7.20. The lowest BCUT2D eigenvalue weighted by atomic mass is 9.77. The number of nitrogens with zero attached hydrogens (tertiary/aromatic N) is 4. The first kappa shape index (κ1) is 28.1. The minimum atomic E-state index is -2.99. The number of nitriles is 1. The van der Waals surface area contributed by atoms with Crippen molar-refractivity contribution in [3.05, 3.63) is 50.9 Å². The number of pyridine rings is 2. The van der Waals surface area contributed by atoms with Gasteiger partial charge in [0.1, 0.15) is 11.9 Å². The smallest absolute Gasteiger partial charge is 0.151 e. The average molecular weight is 606 g/mol. The van der Waals surface area contributed by atoms with Crippen molar-refractivity contribution in [3.8, 4) is 6.07 Å². The standard InChI is InChI=1S/C28H34Cl2N6O3S/c1-16-25(30)24(22(29)12-32-16)17(2)39-20-4-5-23-21(9-20)26(35-34-23)19-8-18(10-31)27(33-11-19)36-13-28(14-36)6-3-7-40(37,38)15-28/h8,11-12,17,20-21,23,26,34-35H,3-7,9,13-15H2,1-2H3/t17-,20?,21?,23?,26?/m1/s1. The van der Waals surface area contributed by atoms with Crippen molar-refractivity contribution in [1.82, 2.24) is 20.8 Å².